The van der Waals surface area contributed by atoms with Crippen LogP contribution in [0.5, 0.6) is 5.75 Å². The quantitative estimate of drug-likeness (QED) is 0.832. The highest BCUT2D eigenvalue weighted by molar-refractivity contribution is 5.86. The van der Waals surface area contributed by atoms with E-state index < -0.39 is 5.54 Å². The van der Waals surface area contributed by atoms with Gasteiger partial charge >= 0.3 is 0 Å². The Morgan fingerprint density at radius 3 is 2.38 bits per heavy atom. The molecule has 8 heteroatoms. The Kier molecular flexibility index (Phi) is 8.60. The molecule has 0 spiro atoms. The number of amides is 1. The van der Waals surface area contributed by atoms with E-state index in [-0.39, 0.29) is 36.5 Å². The van der Waals surface area contributed by atoms with Gasteiger partial charge in [0.25, 0.3) is 0 Å². The van der Waals surface area contributed by atoms with Crippen molar-refractivity contribution in [1.29, 1.82) is 0 Å². The Bertz CT molecular complexity index is 604. The van der Waals surface area contributed by atoms with Crippen molar-refractivity contribution in [2.75, 3.05) is 33.3 Å². The minimum absolute atomic E-state index is 0. The molecule has 1 aromatic carbocycles. The Morgan fingerprint density at radius 1 is 1.19 bits per heavy atom. The number of carbonyl (C=O) groups is 1. The van der Waals surface area contributed by atoms with Gasteiger partial charge in [0.1, 0.15) is 11.6 Å². The predicted octanol–water partition coefficient (Wildman–Crippen LogP) is 2.59. The van der Waals surface area contributed by atoms with E-state index in [1.54, 1.807) is 13.2 Å². The van der Waals surface area contributed by atoms with Gasteiger partial charge in [0.15, 0.2) is 0 Å². The Hall–Kier alpha value is -1.08. The summed E-state index contributed by atoms with van der Waals surface area (Å²) in [6.45, 7) is 3.50. The SMILES string of the molecule is COc1ccc(F)cc1CN1CCN(C(=O)C2(N)CCCC2)CC1.Cl.Cl. The van der Waals surface area contributed by atoms with Gasteiger partial charge < -0.3 is 15.4 Å². The van der Waals surface area contributed by atoms with Crippen LogP contribution < -0.4 is 10.5 Å². The molecule has 0 aromatic heterocycles. The Labute approximate surface area is 166 Å². The number of methoxy groups -OCH3 is 1. The molecule has 0 radical (unpaired) electrons. The fraction of sp³-hybridized carbons (Fsp3) is 0.611. The maximum absolute atomic E-state index is 13.5. The van der Waals surface area contributed by atoms with Crippen molar-refractivity contribution in [3.63, 3.8) is 0 Å². The van der Waals surface area contributed by atoms with Crippen LogP contribution in [0.15, 0.2) is 18.2 Å². The second-order valence-corrected chi connectivity index (χ2v) is 6.89. The van der Waals surface area contributed by atoms with Crippen LogP contribution in [0.25, 0.3) is 0 Å². The van der Waals surface area contributed by atoms with Gasteiger partial charge in [0.05, 0.1) is 12.6 Å². The number of hydrogen-bond donors (Lipinski definition) is 1. The van der Waals surface area contributed by atoms with Crippen molar-refractivity contribution in [3.05, 3.63) is 29.6 Å². The number of piperazine rings is 1. The van der Waals surface area contributed by atoms with Crippen LogP contribution in [0.3, 0.4) is 0 Å². The van der Waals surface area contributed by atoms with Crippen molar-refractivity contribution in [1.82, 2.24) is 9.80 Å². The first kappa shape index (κ1) is 23.0. The van der Waals surface area contributed by atoms with Crippen LogP contribution in [-0.4, -0.2) is 54.5 Å². The third-order valence-electron chi connectivity index (χ3n) is 5.22. The van der Waals surface area contributed by atoms with Crippen LogP contribution in [0, 0.1) is 5.82 Å². The van der Waals surface area contributed by atoms with Crippen LogP contribution in [0.4, 0.5) is 4.39 Å². The summed E-state index contributed by atoms with van der Waals surface area (Å²) < 4.78 is 18.8. The first-order valence-corrected chi connectivity index (χ1v) is 8.65. The highest BCUT2D eigenvalue weighted by Gasteiger charge is 2.40. The Morgan fingerprint density at radius 2 is 1.81 bits per heavy atom. The lowest BCUT2D eigenvalue weighted by Gasteiger charge is -2.38. The number of benzene rings is 1. The summed E-state index contributed by atoms with van der Waals surface area (Å²) in [4.78, 5) is 16.8. The number of nitrogens with two attached hydrogens (primary N) is 1. The average molecular weight is 408 g/mol. The van der Waals surface area contributed by atoms with E-state index in [0.29, 0.717) is 25.4 Å². The van der Waals surface area contributed by atoms with Crippen LogP contribution in [-0.2, 0) is 11.3 Å². The minimum atomic E-state index is -0.645. The fourth-order valence-corrected chi connectivity index (χ4v) is 3.76. The summed E-state index contributed by atoms with van der Waals surface area (Å²) in [6, 6.07) is 4.58. The first-order valence-electron chi connectivity index (χ1n) is 8.65. The molecule has 2 N–H and O–H groups in total. The molecule has 1 aliphatic heterocycles. The lowest BCUT2D eigenvalue weighted by molar-refractivity contribution is -0.138. The summed E-state index contributed by atoms with van der Waals surface area (Å²) in [5, 5.41) is 0. The topological polar surface area (TPSA) is 58.8 Å². The fourth-order valence-electron chi connectivity index (χ4n) is 3.76. The van der Waals surface area contributed by atoms with Gasteiger partial charge in [-0.25, -0.2) is 4.39 Å². The first-order chi connectivity index (χ1) is 11.5. The zero-order valence-corrected chi connectivity index (χ0v) is 16.7. The van der Waals surface area contributed by atoms with E-state index in [1.807, 2.05) is 4.90 Å². The number of rotatable bonds is 4. The van der Waals surface area contributed by atoms with Crippen LogP contribution in [0.1, 0.15) is 31.2 Å². The average Bonchev–Trinajstić information content (AvgIpc) is 3.03. The standard InChI is InChI=1S/C18H26FN3O2.2ClH/c1-24-16-5-4-15(19)12-14(16)13-21-8-10-22(11-9-21)17(23)18(20)6-2-3-7-18;;/h4-5,12H,2-3,6-11,13,20H2,1H3;2*1H. The summed E-state index contributed by atoms with van der Waals surface area (Å²) >= 11 is 0. The molecule has 5 nitrogen and oxygen atoms in total. The van der Waals surface area contributed by atoms with E-state index in [2.05, 4.69) is 4.90 Å². The number of hydrogen-bond acceptors (Lipinski definition) is 4. The summed E-state index contributed by atoms with van der Waals surface area (Å²) in [5.41, 5.74) is 6.47. The number of carbonyl (C=O) groups excluding carboxylic acids is 1. The Balaban J connectivity index is 0.00000169. The van der Waals surface area contributed by atoms with Crippen LogP contribution in [0.2, 0.25) is 0 Å². The normalized spacial score (nSPS) is 19.4. The molecule has 0 unspecified atom stereocenters. The zero-order chi connectivity index (χ0) is 17.2. The van der Waals surface area contributed by atoms with Gasteiger partial charge in [-0.2, -0.15) is 0 Å². The van der Waals surface area contributed by atoms with Crippen LogP contribution >= 0.6 is 24.8 Å². The second-order valence-electron chi connectivity index (χ2n) is 6.89. The maximum Gasteiger partial charge on any atom is 0.242 e. The molecule has 3 rings (SSSR count). The molecule has 2 fully saturated rings. The van der Waals surface area contributed by atoms with Crippen molar-refractivity contribution in [3.8, 4) is 5.75 Å². The molecule has 1 saturated heterocycles. The predicted molar refractivity (Wildman–Crippen MR) is 105 cm³/mol. The second kappa shape index (κ2) is 9.74. The van der Waals surface area contributed by atoms with E-state index in [9.17, 15) is 9.18 Å². The molecular formula is C18H28Cl2FN3O2. The summed E-state index contributed by atoms with van der Waals surface area (Å²) in [5.74, 6) is 0.538. The molecule has 26 heavy (non-hydrogen) atoms. The molecule has 148 valence electrons. The lowest BCUT2D eigenvalue weighted by Crippen LogP contribution is -2.58. The molecule has 1 heterocycles. The maximum atomic E-state index is 13.5. The molecule has 1 aromatic rings. The number of nitrogens with zero attached hydrogens (tertiary/aromatic N) is 2. The molecule has 1 saturated carbocycles. The van der Waals surface area contributed by atoms with Crippen molar-refractivity contribution >= 4 is 30.7 Å². The smallest absolute Gasteiger partial charge is 0.242 e. The lowest BCUT2D eigenvalue weighted by atomic mass is 9.97. The highest BCUT2D eigenvalue weighted by Crippen LogP contribution is 2.29. The van der Waals surface area contributed by atoms with Crippen molar-refractivity contribution < 1.29 is 13.9 Å². The van der Waals surface area contributed by atoms with E-state index in [1.165, 1.54) is 12.1 Å². The van der Waals surface area contributed by atoms with Gasteiger partial charge in [-0.3, -0.25) is 9.69 Å². The zero-order valence-electron chi connectivity index (χ0n) is 15.1. The molecule has 0 atom stereocenters. The summed E-state index contributed by atoms with van der Waals surface area (Å²) in [6.07, 6.45) is 3.68. The van der Waals surface area contributed by atoms with Crippen molar-refractivity contribution in [2.45, 2.75) is 37.8 Å². The van der Waals surface area contributed by atoms with Gasteiger partial charge in [-0.1, -0.05) is 12.8 Å². The molecule has 1 amide bonds. The third kappa shape index (κ3) is 5.00. The third-order valence-corrected chi connectivity index (χ3v) is 5.22. The van der Waals surface area contributed by atoms with Crippen molar-refractivity contribution in [2.24, 2.45) is 5.73 Å². The minimum Gasteiger partial charge on any atom is -0.496 e. The highest BCUT2D eigenvalue weighted by atomic mass is 35.5. The van der Waals surface area contributed by atoms with Gasteiger partial charge in [0.2, 0.25) is 5.91 Å². The molecule has 0 bridgehead atoms. The molecular weight excluding hydrogens is 380 g/mol. The van der Waals surface area contributed by atoms with E-state index in [0.717, 1.165) is 44.3 Å². The summed E-state index contributed by atoms with van der Waals surface area (Å²) in [7, 11) is 1.59. The monoisotopic (exact) mass is 407 g/mol. The number of ether oxygens (including phenoxy) is 1. The number of halogens is 3. The van der Waals surface area contributed by atoms with E-state index in [4.69, 9.17) is 10.5 Å². The largest absolute Gasteiger partial charge is 0.496 e. The molecule has 2 aliphatic rings. The molecule has 1 aliphatic carbocycles. The van der Waals surface area contributed by atoms with Gasteiger partial charge in [0, 0.05) is 38.3 Å². The van der Waals surface area contributed by atoms with Gasteiger partial charge in [-0.15, -0.1) is 24.8 Å². The van der Waals surface area contributed by atoms with Gasteiger partial charge in [-0.05, 0) is 31.0 Å². The van der Waals surface area contributed by atoms with E-state index >= 15 is 0 Å².